The molecule has 48 heavy (non-hydrogen) atoms. The monoisotopic (exact) mass is 706 g/mol. The van der Waals surface area contributed by atoms with Gasteiger partial charge in [-0.2, -0.15) is 0 Å². The Morgan fingerprint density at radius 2 is 0.896 bits per heavy atom. The summed E-state index contributed by atoms with van der Waals surface area (Å²) in [6, 6.07) is 0. The molecule has 286 valence electrons. The summed E-state index contributed by atoms with van der Waals surface area (Å²) in [6.45, 7) is 3.70. The molecule has 9 nitrogen and oxygen atoms in total. The third-order valence-electron chi connectivity index (χ3n) is 8.74. The molecule has 10 heteroatoms. The van der Waals surface area contributed by atoms with Crippen LogP contribution < -0.4 is 5.73 Å². The minimum Gasteiger partial charge on any atom is -0.462 e. The second kappa shape index (κ2) is 35.8. The van der Waals surface area contributed by atoms with Crippen LogP contribution in [0.2, 0.25) is 0 Å². The molecule has 2 unspecified atom stereocenters. The fourth-order valence-electron chi connectivity index (χ4n) is 5.75. The van der Waals surface area contributed by atoms with Gasteiger partial charge in [-0.05, 0) is 12.8 Å². The van der Waals surface area contributed by atoms with Crippen LogP contribution in [0.5, 0.6) is 0 Å². The Bertz CT molecular complexity index is 769. The zero-order valence-electron chi connectivity index (χ0n) is 31.2. The highest BCUT2D eigenvalue weighted by Gasteiger charge is 2.26. The highest BCUT2D eigenvalue weighted by atomic mass is 31.2. The smallest absolute Gasteiger partial charge is 0.462 e. The fraction of sp³-hybridized carbons (Fsp3) is 0.947. The lowest BCUT2D eigenvalue weighted by Crippen LogP contribution is -2.29. The fourth-order valence-corrected chi connectivity index (χ4v) is 6.52. The number of carbonyl (C=O) groups is 2. The van der Waals surface area contributed by atoms with Crippen molar-refractivity contribution in [2.75, 3.05) is 26.4 Å². The molecule has 0 amide bonds. The van der Waals surface area contributed by atoms with E-state index in [1.165, 1.54) is 135 Å². The predicted octanol–water partition coefficient (Wildman–Crippen LogP) is 10.9. The molecule has 0 rings (SSSR count). The number of rotatable bonds is 38. The Kier molecular flexibility index (Phi) is 35.1. The second-order valence-electron chi connectivity index (χ2n) is 13.5. The van der Waals surface area contributed by atoms with Gasteiger partial charge in [-0.25, -0.2) is 4.57 Å². The van der Waals surface area contributed by atoms with Crippen LogP contribution in [0.4, 0.5) is 0 Å². The molecule has 0 saturated carbocycles. The molecular formula is C38H76NO8P. The number of esters is 2. The quantitative estimate of drug-likeness (QED) is 0.0365. The highest BCUT2D eigenvalue weighted by Crippen LogP contribution is 2.43. The van der Waals surface area contributed by atoms with E-state index in [0.29, 0.717) is 6.42 Å². The molecule has 0 heterocycles. The number of ether oxygens (including phenoxy) is 2. The number of phosphoric ester groups is 1. The van der Waals surface area contributed by atoms with E-state index in [0.717, 1.165) is 32.1 Å². The topological polar surface area (TPSA) is 134 Å². The zero-order valence-corrected chi connectivity index (χ0v) is 32.1. The van der Waals surface area contributed by atoms with Crippen molar-refractivity contribution in [3.63, 3.8) is 0 Å². The third kappa shape index (κ3) is 34.9. The van der Waals surface area contributed by atoms with E-state index < -0.39 is 26.5 Å². The van der Waals surface area contributed by atoms with Crippen LogP contribution in [0.15, 0.2) is 0 Å². The molecule has 0 bridgehead atoms. The van der Waals surface area contributed by atoms with Gasteiger partial charge in [0.05, 0.1) is 13.2 Å². The molecule has 0 aliphatic heterocycles. The minimum atomic E-state index is -4.36. The Morgan fingerprint density at radius 3 is 1.27 bits per heavy atom. The molecule has 0 radical (unpaired) electrons. The first-order valence-electron chi connectivity index (χ1n) is 20.0. The minimum absolute atomic E-state index is 0.0576. The highest BCUT2D eigenvalue weighted by molar-refractivity contribution is 7.47. The average molecular weight is 706 g/mol. The molecule has 0 aliphatic carbocycles. The van der Waals surface area contributed by atoms with E-state index in [9.17, 15) is 19.0 Å². The van der Waals surface area contributed by atoms with Gasteiger partial charge in [-0.1, -0.05) is 174 Å². The molecule has 0 saturated heterocycles. The summed E-state index contributed by atoms with van der Waals surface area (Å²) in [5.74, 6) is -0.824. The molecule has 0 aromatic rings. The summed E-state index contributed by atoms with van der Waals surface area (Å²) >= 11 is 0. The van der Waals surface area contributed by atoms with Crippen molar-refractivity contribution in [1.82, 2.24) is 0 Å². The standard InChI is InChI=1S/C38H76NO8P/c1-3-5-7-9-11-12-13-14-15-16-17-18-19-20-21-22-23-25-27-29-31-38(41)47-36(35-46-48(42,43)45-33-32-39)34-44-37(40)30-28-26-24-10-8-6-4-2/h36H,3-35,39H2,1-2H3,(H,42,43). The summed E-state index contributed by atoms with van der Waals surface area (Å²) in [5, 5.41) is 0. The number of phosphoric acid groups is 1. The van der Waals surface area contributed by atoms with Crippen molar-refractivity contribution in [2.24, 2.45) is 5.73 Å². The van der Waals surface area contributed by atoms with E-state index in [2.05, 4.69) is 13.8 Å². The normalized spacial score (nSPS) is 13.3. The second-order valence-corrected chi connectivity index (χ2v) is 15.0. The van der Waals surface area contributed by atoms with Gasteiger partial charge in [0.1, 0.15) is 6.61 Å². The van der Waals surface area contributed by atoms with Gasteiger partial charge in [0.2, 0.25) is 0 Å². The molecular weight excluding hydrogens is 629 g/mol. The van der Waals surface area contributed by atoms with Crippen molar-refractivity contribution >= 4 is 19.8 Å². The first-order valence-corrected chi connectivity index (χ1v) is 21.5. The van der Waals surface area contributed by atoms with Crippen molar-refractivity contribution in [3.05, 3.63) is 0 Å². The van der Waals surface area contributed by atoms with E-state index in [1.54, 1.807) is 0 Å². The first-order chi connectivity index (χ1) is 23.3. The summed E-state index contributed by atoms with van der Waals surface area (Å²) in [5.41, 5.74) is 5.32. The number of hydrogen-bond acceptors (Lipinski definition) is 8. The maximum Gasteiger partial charge on any atom is 0.472 e. The predicted molar refractivity (Wildman–Crippen MR) is 197 cm³/mol. The van der Waals surface area contributed by atoms with Gasteiger partial charge in [-0.3, -0.25) is 18.6 Å². The number of unbranched alkanes of at least 4 members (excludes halogenated alkanes) is 25. The Hall–Kier alpha value is -0.990. The molecule has 0 aromatic heterocycles. The molecule has 0 spiro atoms. The lowest BCUT2D eigenvalue weighted by atomic mass is 10.0. The summed E-state index contributed by atoms with van der Waals surface area (Å²) < 4.78 is 32.6. The van der Waals surface area contributed by atoms with Crippen LogP contribution >= 0.6 is 7.82 Å². The van der Waals surface area contributed by atoms with Crippen LogP contribution in [-0.2, 0) is 32.7 Å². The Morgan fingerprint density at radius 1 is 0.542 bits per heavy atom. The lowest BCUT2D eigenvalue weighted by Gasteiger charge is -2.19. The Labute approximate surface area is 295 Å². The average Bonchev–Trinajstić information content (AvgIpc) is 3.07. The molecule has 3 N–H and O–H groups in total. The summed E-state index contributed by atoms with van der Waals surface area (Å²) in [4.78, 5) is 34.6. The van der Waals surface area contributed by atoms with Gasteiger partial charge in [0.15, 0.2) is 6.10 Å². The van der Waals surface area contributed by atoms with E-state index in [-0.39, 0.29) is 38.6 Å². The van der Waals surface area contributed by atoms with Crippen LogP contribution in [0.25, 0.3) is 0 Å². The molecule has 0 aromatic carbocycles. The van der Waals surface area contributed by atoms with Crippen molar-refractivity contribution in [2.45, 2.75) is 206 Å². The van der Waals surface area contributed by atoms with Gasteiger partial charge in [0.25, 0.3) is 0 Å². The van der Waals surface area contributed by atoms with Crippen LogP contribution in [0.3, 0.4) is 0 Å². The van der Waals surface area contributed by atoms with E-state index >= 15 is 0 Å². The summed E-state index contributed by atoms with van der Waals surface area (Å²) in [6.07, 6.45) is 33.0. The summed E-state index contributed by atoms with van der Waals surface area (Å²) in [7, 11) is -4.36. The molecule has 2 atom stereocenters. The van der Waals surface area contributed by atoms with Gasteiger partial charge < -0.3 is 20.1 Å². The van der Waals surface area contributed by atoms with Crippen molar-refractivity contribution < 1.29 is 37.6 Å². The SMILES string of the molecule is CCCCCCCCCCCCCCCCCCCCCCC(=O)OC(COC(=O)CCCCCCCCC)COP(=O)(O)OCCN. The maximum atomic E-state index is 12.5. The largest absolute Gasteiger partial charge is 0.472 e. The van der Waals surface area contributed by atoms with Crippen molar-refractivity contribution in [3.8, 4) is 0 Å². The Balaban J connectivity index is 4.01. The number of hydrogen-bond donors (Lipinski definition) is 2. The zero-order chi connectivity index (χ0) is 35.4. The number of carbonyl (C=O) groups excluding carboxylic acids is 2. The number of nitrogens with two attached hydrogens (primary N) is 1. The van der Waals surface area contributed by atoms with Crippen LogP contribution in [-0.4, -0.2) is 49.3 Å². The maximum absolute atomic E-state index is 12.5. The first kappa shape index (κ1) is 47.0. The van der Waals surface area contributed by atoms with Gasteiger partial charge in [0, 0.05) is 19.4 Å². The van der Waals surface area contributed by atoms with Gasteiger partial charge >= 0.3 is 19.8 Å². The van der Waals surface area contributed by atoms with Crippen LogP contribution in [0.1, 0.15) is 200 Å². The lowest BCUT2D eigenvalue weighted by molar-refractivity contribution is -0.161. The van der Waals surface area contributed by atoms with E-state index in [1.807, 2.05) is 0 Å². The van der Waals surface area contributed by atoms with Crippen LogP contribution in [0, 0.1) is 0 Å². The van der Waals surface area contributed by atoms with E-state index in [4.69, 9.17) is 24.3 Å². The third-order valence-corrected chi connectivity index (χ3v) is 9.73. The molecule has 0 fully saturated rings. The van der Waals surface area contributed by atoms with Crippen molar-refractivity contribution in [1.29, 1.82) is 0 Å². The van der Waals surface area contributed by atoms with Gasteiger partial charge in [-0.15, -0.1) is 0 Å². The molecule has 0 aliphatic rings.